The van der Waals surface area contributed by atoms with E-state index in [-0.39, 0.29) is 23.9 Å². The van der Waals surface area contributed by atoms with Gasteiger partial charge in [0.25, 0.3) is 0 Å². The van der Waals surface area contributed by atoms with Crippen LogP contribution in [0.25, 0.3) is 0 Å². The summed E-state index contributed by atoms with van der Waals surface area (Å²) in [7, 11) is -3.94. The summed E-state index contributed by atoms with van der Waals surface area (Å²) in [6.07, 6.45) is 2.89. The molecule has 0 saturated carbocycles. The lowest BCUT2D eigenvalue weighted by molar-refractivity contribution is -0.121. The highest BCUT2D eigenvalue weighted by atomic mass is 32.2. The number of carbonyl (C=O) groups is 1. The van der Waals surface area contributed by atoms with Crippen molar-refractivity contribution in [2.45, 2.75) is 37.6 Å². The topological polar surface area (TPSA) is 66.5 Å². The summed E-state index contributed by atoms with van der Waals surface area (Å²) in [5.41, 5.74) is 0.766. The lowest BCUT2D eigenvalue weighted by Gasteiger charge is -2.22. The number of nitrogens with one attached hydrogen (secondary N) is 1. The maximum atomic E-state index is 13.2. The molecule has 2 aromatic carbocycles. The van der Waals surface area contributed by atoms with Crippen LogP contribution >= 0.6 is 0 Å². The second kappa shape index (κ2) is 10.2. The van der Waals surface area contributed by atoms with Crippen LogP contribution in [0.1, 0.15) is 31.7 Å². The van der Waals surface area contributed by atoms with Crippen LogP contribution in [-0.2, 0) is 21.4 Å². The predicted octanol–water partition coefficient (Wildman–Crippen LogP) is 3.32. The Morgan fingerprint density at radius 2 is 1.70 bits per heavy atom. The third-order valence-electron chi connectivity index (χ3n) is 4.08. The van der Waals surface area contributed by atoms with E-state index in [1.54, 1.807) is 12.1 Å². The number of hydrogen-bond donors (Lipinski definition) is 1. The van der Waals surface area contributed by atoms with E-state index in [1.807, 2.05) is 18.2 Å². The predicted molar refractivity (Wildman–Crippen MR) is 103 cm³/mol. The summed E-state index contributed by atoms with van der Waals surface area (Å²) >= 11 is 0. The van der Waals surface area contributed by atoms with Gasteiger partial charge in [-0.25, -0.2) is 12.8 Å². The van der Waals surface area contributed by atoms with Crippen molar-refractivity contribution in [2.24, 2.45) is 0 Å². The quantitative estimate of drug-likeness (QED) is 0.631. The SMILES string of the molecule is CCCCCNC(=O)CN(Cc1ccccc1)S(=O)(=O)c1ccc(F)cc1. The van der Waals surface area contributed by atoms with E-state index < -0.39 is 15.8 Å². The molecule has 0 fully saturated rings. The van der Waals surface area contributed by atoms with Crippen LogP contribution in [0, 0.1) is 5.82 Å². The van der Waals surface area contributed by atoms with Gasteiger partial charge in [-0.05, 0) is 36.2 Å². The zero-order valence-corrected chi connectivity index (χ0v) is 16.2. The van der Waals surface area contributed by atoms with E-state index in [1.165, 1.54) is 12.1 Å². The molecule has 0 atom stereocenters. The Bertz CT molecular complexity index is 824. The maximum absolute atomic E-state index is 13.2. The summed E-state index contributed by atoms with van der Waals surface area (Å²) in [5, 5.41) is 2.76. The molecule has 7 heteroatoms. The molecule has 0 bridgehead atoms. The Balaban J connectivity index is 2.18. The Hall–Kier alpha value is -2.25. The molecular formula is C20H25FN2O3S. The smallest absolute Gasteiger partial charge is 0.243 e. The van der Waals surface area contributed by atoms with Crippen LogP contribution in [0.4, 0.5) is 4.39 Å². The van der Waals surface area contributed by atoms with Crippen molar-refractivity contribution in [3.8, 4) is 0 Å². The second-order valence-corrected chi connectivity index (χ2v) is 8.21. The van der Waals surface area contributed by atoms with Gasteiger partial charge in [-0.2, -0.15) is 4.31 Å². The first-order valence-electron chi connectivity index (χ1n) is 9.00. The van der Waals surface area contributed by atoms with E-state index >= 15 is 0 Å². The van der Waals surface area contributed by atoms with Crippen LogP contribution in [0.2, 0.25) is 0 Å². The van der Waals surface area contributed by atoms with Crippen molar-refractivity contribution in [1.29, 1.82) is 0 Å². The molecule has 0 aromatic heterocycles. The van der Waals surface area contributed by atoms with E-state index in [0.717, 1.165) is 41.3 Å². The number of carbonyl (C=O) groups excluding carboxylic acids is 1. The van der Waals surface area contributed by atoms with Gasteiger partial charge < -0.3 is 5.32 Å². The van der Waals surface area contributed by atoms with Gasteiger partial charge in [-0.1, -0.05) is 50.1 Å². The molecular weight excluding hydrogens is 367 g/mol. The Morgan fingerprint density at radius 3 is 2.33 bits per heavy atom. The summed E-state index contributed by atoms with van der Waals surface area (Å²) in [6.45, 7) is 2.35. The summed E-state index contributed by atoms with van der Waals surface area (Å²) in [6, 6.07) is 13.7. The van der Waals surface area contributed by atoms with Gasteiger partial charge in [0.05, 0.1) is 11.4 Å². The molecule has 0 aliphatic heterocycles. The molecule has 0 radical (unpaired) electrons. The molecule has 0 aliphatic rings. The molecule has 0 heterocycles. The highest BCUT2D eigenvalue weighted by Crippen LogP contribution is 2.18. The van der Waals surface area contributed by atoms with Crippen molar-refractivity contribution in [3.05, 3.63) is 66.0 Å². The fourth-order valence-electron chi connectivity index (χ4n) is 2.59. The average molecular weight is 392 g/mol. The number of nitrogens with zero attached hydrogens (tertiary/aromatic N) is 1. The minimum atomic E-state index is -3.94. The van der Waals surface area contributed by atoms with E-state index in [4.69, 9.17) is 0 Å². The van der Waals surface area contributed by atoms with Crippen molar-refractivity contribution in [3.63, 3.8) is 0 Å². The van der Waals surface area contributed by atoms with Crippen LogP contribution in [-0.4, -0.2) is 31.7 Å². The minimum Gasteiger partial charge on any atom is -0.355 e. The molecule has 0 unspecified atom stereocenters. The second-order valence-electron chi connectivity index (χ2n) is 6.27. The van der Waals surface area contributed by atoms with Crippen LogP contribution < -0.4 is 5.32 Å². The first kappa shape index (κ1) is 21.1. The van der Waals surface area contributed by atoms with E-state index in [9.17, 15) is 17.6 Å². The molecule has 0 saturated heterocycles. The first-order chi connectivity index (χ1) is 12.9. The zero-order chi connectivity index (χ0) is 19.7. The lowest BCUT2D eigenvalue weighted by atomic mass is 10.2. The molecule has 2 aromatic rings. The van der Waals surface area contributed by atoms with Gasteiger partial charge in [0.2, 0.25) is 15.9 Å². The van der Waals surface area contributed by atoms with Gasteiger partial charge in [-0.3, -0.25) is 4.79 Å². The number of unbranched alkanes of at least 4 members (excludes halogenated alkanes) is 2. The summed E-state index contributed by atoms with van der Waals surface area (Å²) < 4.78 is 40.2. The van der Waals surface area contributed by atoms with Crippen LogP contribution in [0.5, 0.6) is 0 Å². The standard InChI is InChI=1S/C20H25FN2O3S/c1-2-3-7-14-22-20(24)16-23(15-17-8-5-4-6-9-17)27(25,26)19-12-10-18(21)11-13-19/h4-6,8-13H,2-3,7,14-16H2,1H3,(H,22,24). The van der Waals surface area contributed by atoms with Crippen molar-refractivity contribution < 1.29 is 17.6 Å². The van der Waals surface area contributed by atoms with Crippen molar-refractivity contribution in [1.82, 2.24) is 9.62 Å². The molecule has 2 rings (SSSR count). The zero-order valence-electron chi connectivity index (χ0n) is 15.4. The molecule has 0 aliphatic carbocycles. The fourth-order valence-corrected chi connectivity index (χ4v) is 3.97. The maximum Gasteiger partial charge on any atom is 0.243 e. The molecule has 27 heavy (non-hydrogen) atoms. The van der Waals surface area contributed by atoms with Gasteiger partial charge in [-0.15, -0.1) is 0 Å². The highest BCUT2D eigenvalue weighted by Gasteiger charge is 2.26. The number of halogens is 1. The molecule has 0 spiro atoms. The molecule has 146 valence electrons. The van der Waals surface area contributed by atoms with Gasteiger partial charge in [0, 0.05) is 13.1 Å². The summed E-state index contributed by atoms with van der Waals surface area (Å²) in [4.78, 5) is 12.2. The third kappa shape index (κ3) is 6.45. The molecule has 5 nitrogen and oxygen atoms in total. The Kier molecular flexibility index (Phi) is 7.94. The fraction of sp³-hybridized carbons (Fsp3) is 0.350. The van der Waals surface area contributed by atoms with Crippen LogP contribution in [0.3, 0.4) is 0 Å². The molecule has 1 amide bonds. The molecule has 1 N–H and O–H groups in total. The highest BCUT2D eigenvalue weighted by molar-refractivity contribution is 7.89. The summed E-state index contributed by atoms with van der Waals surface area (Å²) in [5.74, 6) is -0.870. The average Bonchev–Trinajstić information content (AvgIpc) is 2.66. The lowest BCUT2D eigenvalue weighted by Crippen LogP contribution is -2.40. The first-order valence-corrected chi connectivity index (χ1v) is 10.4. The third-order valence-corrected chi connectivity index (χ3v) is 5.88. The number of benzene rings is 2. The van der Waals surface area contributed by atoms with Crippen molar-refractivity contribution >= 4 is 15.9 Å². The van der Waals surface area contributed by atoms with E-state index in [2.05, 4.69) is 12.2 Å². The number of sulfonamides is 1. The number of hydrogen-bond acceptors (Lipinski definition) is 3. The van der Waals surface area contributed by atoms with Gasteiger partial charge >= 0.3 is 0 Å². The Morgan fingerprint density at radius 1 is 1.04 bits per heavy atom. The largest absolute Gasteiger partial charge is 0.355 e. The van der Waals surface area contributed by atoms with Crippen LogP contribution in [0.15, 0.2) is 59.5 Å². The van der Waals surface area contributed by atoms with Gasteiger partial charge in [0.15, 0.2) is 0 Å². The van der Waals surface area contributed by atoms with Crippen molar-refractivity contribution in [2.75, 3.05) is 13.1 Å². The van der Waals surface area contributed by atoms with Gasteiger partial charge in [0.1, 0.15) is 5.82 Å². The Labute approximate surface area is 160 Å². The number of amides is 1. The van der Waals surface area contributed by atoms with E-state index in [0.29, 0.717) is 6.54 Å². The number of rotatable bonds is 10. The minimum absolute atomic E-state index is 0.0429. The normalized spacial score (nSPS) is 11.5. The monoisotopic (exact) mass is 392 g/mol.